The molecule has 3 rings (SSSR count). The van der Waals surface area contributed by atoms with E-state index in [0.29, 0.717) is 23.2 Å². The highest BCUT2D eigenvalue weighted by atomic mass is 35.5. The van der Waals surface area contributed by atoms with Crippen molar-refractivity contribution in [1.82, 2.24) is 24.5 Å². The Balaban J connectivity index is 2.03. The summed E-state index contributed by atoms with van der Waals surface area (Å²) < 4.78 is 3.38. The number of rotatable bonds is 4. The van der Waals surface area contributed by atoms with Gasteiger partial charge >= 0.3 is 0 Å². The van der Waals surface area contributed by atoms with Crippen LogP contribution >= 0.6 is 11.6 Å². The van der Waals surface area contributed by atoms with E-state index < -0.39 is 0 Å². The van der Waals surface area contributed by atoms with E-state index in [1.807, 2.05) is 39.2 Å². The Labute approximate surface area is 139 Å². The monoisotopic (exact) mass is 331 g/mol. The van der Waals surface area contributed by atoms with Gasteiger partial charge in [-0.25, -0.2) is 9.67 Å². The van der Waals surface area contributed by atoms with Crippen LogP contribution in [0.3, 0.4) is 0 Å². The van der Waals surface area contributed by atoms with Crippen LogP contribution in [0.2, 0.25) is 5.02 Å². The van der Waals surface area contributed by atoms with E-state index in [2.05, 4.69) is 15.2 Å². The minimum Gasteiger partial charge on any atom is -0.394 e. The molecule has 0 spiro atoms. The fourth-order valence-corrected chi connectivity index (χ4v) is 2.70. The average Bonchev–Trinajstić information content (AvgIpc) is 3.13. The minimum absolute atomic E-state index is 0.0419. The molecule has 0 fully saturated rings. The minimum atomic E-state index is 0.0419. The maximum Gasteiger partial charge on any atom is 0.184 e. The molecule has 3 aromatic rings. The quantitative estimate of drug-likeness (QED) is 0.798. The van der Waals surface area contributed by atoms with E-state index in [0.717, 1.165) is 22.3 Å². The number of aromatic nitrogens is 5. The number of hydrogen-bond donors (Lipinski definition) is 1. The number of aryl methyl sites for hydroxylation is 2. The zero-order valence-corrected chi connectivity index (χ0v) is 14.0. The van der Waals surface area contributed by atoms with Gasteiger partial charge < -0.3 is 5.11 Å². The van der Waals surface area contributed by atoms with Crippen molar-refractivity contribution >= 4 is 11.6 Å². The van der Waals surface area contributed by atoms with Crippen molar-refractivity contribution in [2.45, 2.75) is 20.4 Å². The third-order valence-corrected chi connectivity index (χ3v) is 4.37. The number of aliphatic hydroxyl groups is 1. The van der Waals surface area contributed by atoms with Gasteiger partial charge in [0.05, 0.1) is 29.9 Å². The van der Waals surface area contributed by atoms with Gasteiger partial charge in [0.15, 0.2) is 11.6 Å². The van der Waals surface area contributed by atoms with Gasteiger partial charge in [0.1, 0.15) is 0 Å². The van der Waals surface area contributed by atoms with Crippen molar-refractivity contribution < 1.29 is 5.11 Å². The fraction of sp³-hybridized carbons (Fsp3) is 0.312. The summed E-state index contributed by atoms with van der Waals surface area (Å²) in [6.45, 7) is 4.52. The number of hydrogen-bond acceptors (Lipinski definition) is 4. The molecule has 0 unspecified atom stereocenters. The highest BCUT2D eigenvalue weighted by Gasteiger charge is 2.16. The molecular weight excluding hydrogens is 314 g/mol. The van der Waals surface area contributed by atoms with E-state index in [1.165, 1.54) is 0 Å². The van der Waals surface area contributed by atoms with Crippen LogP contribution in [0, 0.1) is 13.8 Å². The first-order valence-corrected chi connectivity index (χ1v) is 7.70. The molecule has 0 atom stereocenters. The Kier molecular flexibility index (Phi) is 4.19. The average molecular weight is 332 g/mol. The van der Waals surface area contributed by atoms with Gasteiger partial charge in [-0.1, -0.05) is 17.7 Å². The van der Waals surface area contributed by atoms with E-state index in [-0.39, 0.29) is 6.61 Å². The van der Waals surface area contributed by atoms with Crippen LogP contribution in [-0.2, 0) is 13.6 Å². The van der Waals surface area contributed by atoms with Crippen LogP contribution < -0.4 is 0 Å². The Morgan fingerprint density at radius 3 is 2.78 bits per heavy atom. The summed E-state index contributed by atoms with van der Waals surface area (Å²) in [7, 11) is 1.84. The number of halogens is 1. The topological polar surface area (TPSA) is 68.8 Å². The molecule has 0 bridgehead atoms. The van der Waals surface area contributed by atoms with Crippen molar-refractivity contribution in [2.75, 3.05) is 6.61 Å². The smallest absolute Gasteiger partial charge is 0.184 e. The lowest BCUT2D eigenvalue weighted by Crippen LogP contribution is -2.01. The van der Waals surface area contributed by atoms with Crippen LogP contribution in [0.25, 0.3) is 22.8 Å². The molecule has 0 aliphatic heterocycles. The molecule has 2 aromatic heterocycles. The molecule has 2 heterocycles. The normalized spacial score (nSPS) is 11.2. The molecule has 23 heavy (non-hydrogen) atoms. The van der Waals surface area contributed by atoms with Crippen molar-refractivity contribution in [3.8, 4) is 22.8 Å². The molecule has 1 N–H and O–H groups in total. The molecule has 1 aromatic carbocycles. The zero-order valence-electron chi connectivity index (χ0n) is 13.3. The van der Waals surface area contributed by atoms with Gasteiger partial charge in [0.25, 0.3) is 0 Å². The summed E-state index contributed by atoms with van der Waals surface area (Å²) in [5.41, 5.74) is 3.86. The number of aliphatic hydroxyl groups excluding tert-OH is 1. The third-order valence-electron chi connectivity index (χ3n) is 3.88. The first-order chi connectivity index (χ1) is 11.0. The summed E-state index contributed by atoms with van der Waals surface area (Å²) in [5, 5.41) is 18.3. The molecule has 0 saturated carbocycles. The van der Waals surface area contributed by atoms with Crippen LogP contribution in [0.1, 0.15) is 11.1 Å². The SMILES string of the molecule is Cc1ccc(-c2nc(-c3cnn(CCO)c3)nn2C)c(Cl)c1C. The predicted molar refractivity (Wildman–Crippen MR) is 89.2 cm³/mol. The lowest BCUT2D eigenvalue weighted by Gasteiger charge is -2.08. The first-order valence-electron chi connectivity index (χ1n) is 7.32. The second kappa shape index (κ2) is 6.14. The first kappa shape index (κ1) is 15.7. The third kappa shape index (κ3) is 2.87. The molecule has 0 aliphatic rings. The molecule has 0 aliphatic carbocycles. The molecule has 0 radical (unpaired) electrons. The van der Waals surface area contributed by atoms with Crippen molar-refractivity contribution in [1.29, 1.82) is 0 Å². The van der Waals surface area contributed by atoms with Gasteiger partial charge in [0.2, 0.25) is 0 Å². The highest BCUT2D eigenvalue weighted by Crippen LogP contribution is 2.31. The zero-order chi connectivity index (χ0) is 16.6. The van der Waals surface area contributed by atoms with E-state index in [9.17, 15) is 0 Å². The molecule has 0 amide bonds. The molecule has 6 nitrogen and oxygen atoms in total. The standard InChI is InChI=1S/C16H18ClN5O/c1-10-4-5-13(14(17)11(10)2)16-19-15(20-21(16)3)12-8-18-22(9-12)6-7-23/h4-5,8-9,23H,6-7H2,1-3H3. The molecule has 120 valence electrons. The summed E-state index contributed by atoms with van der Waals surface area (Å²) in [5.74, 6) is 1.30. The van der Waals surface area contributed by atoms with Crippen molar-refractivity contribution in [3.63, 3.8) is 0 Å². The van der Waals surface area contributed by atoms with E-state index in [1.54, 1.807) is 15.6 Å². The van der Waals surface area contributed by atoms with Crippen LogP contribution in [0.15, 0.2) is 24.5 Å². The summed E-state index contributed by atoms with van der Waals surface area (Å²) in [4.78, 5) is 4.61. The van der Waals surface area contributed by atoms with Gasteiger partial charge in [-0.2, -0.15) is 10.2 Å². The largest absolute Gasteiger partial charge is 0.394 e. The number of nitrogens with zero attached hydrogens (tertiary/aromatic N) is 5. The Bertz CT molecular complexity index is 852. The predicted octanol–water partition coefficient (Wildman–Crippen LogP) is 2.61. The number of benzene rings is 1. The van der Waals surface area contributed by atoms with E-state index >= 15 is 0 Å². The second-order valence-electron chi connectivity index (χ2n) is 5.47. The molecule has 7 heteroatoms. The van der Waals surface area contributed by atoms with Gasteiger partial charge in [-0.05, 0) is 31.0 Å². The molecular formula is C16H18ClN5O. The van der Waals surface area contributed by atoms with E-state index in [4.69, 9.17) is 16.7 Å². The Morgan fingerprint density at radius 1 is 1.26 bits per heavy atom. The van der Waals surface area contributed by atoms with Gasteiger partial charge in [0, 0.05) is 18.8 Å². The maximum absolute atomic E-state index is 8.96. The maximum atomic E-state index is 8.96. The fourth-order valence-electron chi connectivity index (χ4n) is 2.40. The van der Waals surface area contributed by atoms with Crippen LogP contribution in [0.4, 0.5) is 0 Å². The van der Waals surface area contributed by atoms with Crippen molar-refractivity contribution in [3.05, 3.63) is 40.7 Å². The summed E-state index contributed by atoms with van der Waals surface area (Å²) in [6, 6.07) is 4.00. The Hall–Kier alpha value is -2.18. The van der Waals surface area contributed by atoms with Gasteiger partial charge in [-0.15, -0.1) is 0 Å². The summed E-state index contributed by atoms with van der Waals surface area (Å²) >= 11 is 6.48. The molecule has 0 saturated heterocycles. The van der Waals surface area contributed by atoms with Gasteiger partial charge in [-0.3, -0.25) is 4.68 Å². The second-order valence-corrected chi connectivity index (χ2v) is 5.85. The summed E-state index contributed by atoms with van der Waals surface area (Å²) in [6.07, 6.45) is 3.51. The Morgan fingerprint density at radius 2 is 2.04 bits per heavy atom. The van der Waals surface area contributed by atoms with Crippen LogP contribution in [-0.4, -0.2) is 36.3 Å². The van der Waals surface area contributed by atoms with Crippen LogP contribution in [0.5, 0.6) is 0 Å². The lowest BCUT2D eigenvalue weighted by molar-refractivity contribution is 0.269. The lowest BCUT2D eigenvalue weighted by atomic mass is 10.1. The highest BCUT2D eigenvalue weighted by molar-refractivity contribution is 6.34. The van der Waals surface area contributed by atoms with Crippen molar-refractivity contribution in [2.24, 2.45) is 7.05 Å².